The van der Waals surface area contributed by atoms with Crippen LogP contribution in [0.3, 0.4) is 0 Å². The summed E-state index contributed by atoms with van der Waals surface area (Å²) in [5, 5.41) is 15.1. The number of carboxylic acid groups (broad SMARTS) is 1. The largest absolute Gasteiger partial charge is 0.490 e. The van der Waals surface area contributed by atoms with Crippen molar-refractivity contribution in [3.05, 3.63) is 94.7 Å². The first-order valence-electron chi connectivity index (χ1n) is 16.5. The van der Waals surface area contributed by atoms with Crippen LogP contribution in [0, 0.1) is 6.92 Å². The number of anilines is 3. The summed E-state index contributed by atoms with van der Waals surface area (Å²) in [5.74, 6) is -2.72. The van der Waals surface area contributed by atoms with Gasteiger partial charge in [-0.3, -0.25) is 14.9 Å². The molecule has 15 heteroatoms. The number of nitrogens with two attached hydrogens (primary N) is 1. The van der Waals surface area contributed by atoms with E-state index in [1.165, 1.54) is 0 Å². The standard InChI is InChI=1S/C35H40N6O4.C2HF3O2/c1-6-41(7-2)33(42)30-13-10-27-18-25(30)19-40(5)34(43)31(38-26-9-12-29-23(17-26)14-15-37-32(29)36)24-8-11-28(21(3)16-24)22(4)20-45-35(44)39-27;3-2(4,5)1(6)7/h8-18,22,31,38H,6-7,19-20H2,1-5H3,(H2,36,37)(H,39,44);(H,6,7)/t22-,31+;/m0./s1. The third kappa shape index (κ3) is 9.27. The second kappa shape index (κ2) is 16.4. The molecular formula is C37H41F3N6O6. The summed E-state index contributed by atoms with van der Waals surface area (Å²) in [6.07, 6.45) is -4.01. The van der Waals surface area contributed by atoms with Crippen molar-refractivity contribution in [3.8, 4) is 0 Å². The van der Waals surface area contributed by atoms with E-state index in [-0.39, 0.29) is 30.9 Å². The number of carboxylic acids is 1. The molecule has 2 aliphatic rings. The third-order valence-electron chi connectivity index (χ3n) is 8.63. The Kier molecular flexibility index (Phi) is 12.3. The smallest absolute Gasteiger partial charge is 0.475 e. The molecule has 2 atom stereocenters. The lowest BCUT2D eigenvalue weighted by Gasteiger charge is -2.28. The van der Waals surface area contributed by atoms with Gasteiger partial charge in [0.05, 0.1) is 6.61 Å². The van der Waals surface area contributed by atoms with Crippen molar-refractivity contribution in [2.45, 2.75) is 52.4 Å². The highest BCUT2D eigenvalue weighted by molar-refractivity contribution is 5.97. The number of nitrogen functional groups attached to an aromatic ring is 1. The number of hydrogen-bond donors (Lipinski definition) is 4. The van der Waals surface area contributed by atoms with Crippen molar-refractivity contribution in [1.29, 1.82) is 0 Å². The Hall–Kier alpha value is -5.86. The maximum absolute atomic E-state index is 14.3. The molecule has 4 bridgehead atoms. The lowest BCUT2D eigenvalue weighted by molar-refractivity contribution is -0.192. The summed E-state index contributed by atoms with van der Waals surface area (Å²) in [6, 6.07) is 17.9. The molecule has 52 heavy (non-hydrogen) atoms. The summed E-state index contributed by atoms with van der Waals surface area (Å²) >= 11 is 0. The number of fused-ring (bicyclic) bond motifs is 10. The number of ether oxygens (including phenoxy) is 1. The van der Waals surface area contributed by atoms with E-state index >= 15 is 0 Å². The molecule has 0 saturated carbocycles. The molecule has 0 fully saturated rings. The van der Waals surface area contributed by atoms with Gasteiger partial charge < -0.3 is 30.7 Å². The van der Waals surface area contributed by atoms with Gasteiger partial charge in [-0.15, -0.1) is 0 Å². The Balaban J connectivity index is 0.000000785. The van der Waals surface area contributed by atoms with E-state index in [2.05, 4.69) is 15.6 Å². The number of likely N-dealkylation sites (N-methyl/N-ethyl adjacent to an activating group) is 1. The van der Waals surface area contributed by atoms with Crippen LogP contribution in [-0.4, -0.2) is 76.7 Å². The van der Waals surface area contributed by atoms with Gasteiger partial charge >= 0.3 is 18.2 Å². The number of rotatable bonds is 5. The quantitative estimate of drug-likeness (QED) is 0.175. The number of benzene rings is 3. The fourth-order valence-electron chi connectivity index (χ4n) is 5.87. The van der Waals surface area contributed by atoms with Gasteiger partial charge in [0, 0.05) is 61.1 Å². The van der Waals surface area contributed by atoms with Crippen molar-refractivity contribution in [3.63, 3.8) is 0 Å². The predicted octanol–water partition coefficient (Wildman–Crippen LogP) is 6.72. The summed E-state index contributed by atoms with van der Waals surface area (Å²) < 4.78 is 37.3. The van der Waals surface area contributed by atoms with Gasteiger partial charge in [0.2, 0.25) is 5.91 Å². The first-order chi connectivity index (χ1) is 24.5. The SMILES string of the molecule is CCN(CC)C(=O)c1ccc2cc1CN(C)C(=O)[C@H](Nc1ccc3c(N)nccc3c1)c1ccc(c(C)c1)[C@@H](C)COC(=O)N2.O=C(O)C(F)(F)F. The van der Waals surface area contributed by atoms with Crippen LogP contribution in [0.15, 0.2) is 66.9 Å². The van der Waals surface area contributed by atoms with Gasteiger partial charge in [-0.1, -0.05) is 25.1 Å². The minimum absolute atomic E-state index is 0.0772. The Bertz CT molecular complexity index is 1970. The Morgan fingerprint density at radius 1 is 1.08 bits per heavy atom. The molecule has 3 aromatic carbocycles. The van der Waals surface area contributed by atoms with Crippen LogP contribution in [0.1, 0.15) is 65.3 Å². The minimum Gasteiger partial charge on any atom is -0.475 e. The molecule has 276 valence electrons. The first-order valence-corrected chi connectivity index (χ1v) is 16.5. The van der Waals surface area contributed by atoms with Crippen molar-refractivity contribution in [1.82, 2.24) is 14.8 Å². The molecule has 3 heterocycles. The van der Waals surface area contributed by atoms with Crippen molar-refractivity contribution >= 4 is 51.8 Å². The highest BCUT2D eigenvalue weighted by atomic mass is 19.4. The highest BCUT2D eigenvalue weighted by Crippen LogP contribution is 2.31. The number of aromatic nitrogens is 1. The van der Waals surface area contributed by atoms with Crippen LogP contribution in [-0.2, 0) is 20.9 Å². The van der Waals surface area contributed by atoms with Crippen LogP contribution in [0.5, 0.6) is 0 Å². The zero-order chi connectivity index (χ0) is 38.3. The molecular weight excluding hydrogens is 681 g/mol. The van der Waals surface area contributed by atoms with Crippen LogP contribution < -0.4 is 16.4 Å². The topological polar surface area (TPSA) is 167 Å². The predicted molar refractivity (Wildman–Crippen MR) is 191 cm³/mol. The highest BCUT2D eigenvalue weighted by Gasteiger charge is 2.38. The van der Waals surface area contributed by atoms with Gasteiger partial charge in [0.25, 0.3) is 5.91 Å². The number of amides is 3. The van der Waals surface area contributed by atoms with E-state index in [9.17, 15) is 27.6 Å². The van der Waals surface area contributed by atoms with Crippen LogP contribution in [0.4, 0.5) is 35.2 Å². The number of hydrogen-bond acceptors (Lipinski definition) is 8. The summed E-state index contributed by atoms with van der Waals surface area (Å²) in [5.41, 5.74) is 11.2. The van der Waals surface area contributed by atoms with Crippen LogP contribution in [0.2, 0.25) is 0 Å². The number of halogens is 3. The molecule has 4 aromatic rings. The Labute approximate surface area is 298 Å². The number of alkyl halides is 3. The van der Waals surface area contributed by atoms with Gasteiger partial charge in [0.15, 0.2) is 0 Å². The Morgan fingerprint density at radius 3 is 2.40 bits per heavy atom. The molecule has 1 aromatic heterocycles. The van der Waals surface area contributed by atoms with Gasteiger partial charge in [0.1, 0.15) is 11.9 Å². The molecule has 0 aliphatic carbocycles. The Morgan fingerprint density at radius 2 is 1.77 bits per heavy atom. The first kappa shape index (κ1) is 38.9. The number of nitrogens with one attached hydrogen (secondary N) is 2. The second-order valence-corrected chi connectivity index (χ2v) is 12.3. The summed E-state index contributed by atoms with van der Waals surface area (Å²) in [4.78, 5) is 57.0. The molecule has 5 N–H and O–H groups in total. The number of nitrogens with zero attached hydrogens (tertiary/aromatic N) is 3. The number of aliphatic carboxylic acids is 1. The lowest BCUT2D eigenvalue weighted by Crippen LogP contribution is -2.36. The normalized spacial score (nSPS) is 16.3. The maximum Gasteiger partial charge on any atom is 0.490 e. The van der Waals surface area contributed by atoms with Crippen molar-refractivity contribution in [2.24, 2.45) is 0 Å². The molecule has 3 amide bonds. The fraction of sp³-hybridized carbons (Fsp3) is 0.324. The fourth-order valence-corrected chi connectivity index (χ4v) is 5.87. The molecule has 6 rings (SSSR count). The molecule has 0 radical (unpaired) electrons. The third-order valence-corrected chi connectivity index (χ3v) is 8.63. The van der Waals surface area contributed by atoms with Crippen molar-refractivity contribution in [2.75, 3.05) is 43.1 Å². The van der Waals surface area contributed by atoms with E-state index in [1.54, 1.807) is 41.2 Å². The van der Waals surface area contributed by atoms with Crippen molar-refractivity contribution < 1.29 is 42.2 Å². The van der Waals surface area contributed by atoms with E-state index in [0.29, 0.717) is 35.7 Å². The van der Waals surface area contributed by atoms with Gasteiger partial charge in [-0.05, 0) is 90.9 Å². The maximum atomic E-state index is 14.3. The average molecular weight is 723 g/mol. The molecule has 2 aliphatic heterocycles. The van der Waals surface area contributed by atoms with E-state index in [4.69, 9.17) is 20.4 Å². The summed E-state index contributed by atoms with van der Waals surface area (Å²) in [6.45, 7) is 9.24. The number of carbonyl (C=O) groups excluding carboxylic acids is 3. The average Bonchev–Trinajstić information content (AvgIpc) is 3.09. The van der Waals surface area contributed by atoms with E-state index in [0.717, 1.165) is 33.2 Å². The van der Waals surface area contributed by atoms with E-state index < -0.39 is 24.3 Å². The molecule has 0 spiro atoms. The molecule has 12 nitrogen and oxygen atoms in total. The molecule has 0 unspecified atom stereocenters. The molecule has 0 saturated heterocycles. The second-order valence-electron chi connectivity index (χ2n) is 12.3. The van der Waals surface area contributed by atoms with Gasteiger partial charge in [-0.2, -0.15) is 13.2 Å². The lowest BCUT2D eigenvalue weighted by atomic mass is 9.92. The van der Waals surface area contributed by atoms with Crippen LogP contribution >= 0.6 is 0 Å². The summed E-state index contributed by atoms with van der Waals surface area (Å²) in [7, 11) is 1.72. The number of aryl methyl sites for hydroxylation is 1. The van der Waals surface area contributed by atoms with Crippen LogP contribution in [0.25, 0.3) is 10.8 Å². The van der Waals surface area contributed by atoms with E-state index in [1.807, 2.05) is 70.2 Å². The monoisotopic (exact) mass is 722 g/mol. The van der Waals surface area contributed by atoms with Gasteiger partial charge in [-0.25, -0.2) is 14.6 Å². The zero-order valence-electron chi connectivity index (χ0n) is 29.4. The number of pyridine rings is 1. The zero-order valence-corrected chi connectivity index (χ0v) is 29.4. The minimum atomic E-state index is -5.08. The number of carbonyl (C=O) groups is 4.